The molecule has 16 rings (SSSR count). The van der Waals surface area contributed by atoms with Crippen LogP contribution in [0.15, 0.2) is 134 Å². The van der Waals surface area contributed by atoms with Crippen molar-refractivity contribution in [3.63, 3.8) is 0 Å². The summed E-state index contributed by atoms with van der Waals surface area (Å²) in [6.45, 7) is 33.0. The van der Waals surface area contributed by atoms with Crippen LogP contribution in [-0.2, 0) is 76.6 Å². The third-order valence-electron chi connectivity index (χ3n) is 17.7. The number of phenols is 5. The van der Waals surface area contributed by atoms with Gasteiger partial charge in [0.05, 0.1) is 84.7 Å². The van der Waals surface area contributed by atoms with E-state index in [-0.39, 0.29) is 104 Å². The zero-order valence-electron chi connectivity index (χ0n) is 84.5. The first-order valence-electron chi connectivity index (χ1n) is 43.4. The molecule has 147 heavy (non-hydrogen) atoms. The maximum atomic E-state index is 11.6. The van der Waals surface area contributed by atoms with Crippen LogP contribution in [0.25, 0.3) is 77.3 Å². The standard InChI is InChI=1S/C11H11NO4.C10H9NO4.C10H11NO3.2C10H9NO3.C9H7NO3.C8H9NO4.C8H7NO2.C8H18O3.C4H8O.2C3H6O.C2H4O2.C2H6.4CH4.Mn.2O/c1-6-12-7-4-5-8(14-2)9(10(7)16-6)11(13)15-3;1-5-11-6-3-4-7(12)8(9(6)15-5)10(13)14-2;2*1-6-11-8-3-4-9(13-2)7(5-12)10(8)14-6;1-6-7-3-4-9(13-2)8(5-12)10(7)14-11-6;1-5-6-2-3-8(12)7(4-11)9(6)13-10-5;1-13-8(12)6-5(10)3-2-4(9)7(6)11;1-5-7-3-2-6(10)4-8(7)11-9-5;1-5-9-8(4,10-6-2)11-7-3;1-2-4-5-3-1;2*1-3(2)4;1-2(3)4;1-2;;;;;;;/h4-5H,1-3H3;3-4,12H,1-2H3;3-4,12H,5H2,1-2H3;2*3-5H,1-2H3;2-4,12H,1H3;2-3,10-11H,9H2,1H3;2-4,10H,1H3;5-7H2,1-4H3;1-4H2;2*1-2H3;1H3,(H,3,4);1-2H3;4*1H4;;;/i;;;;;;;;;;;;;1D;;;;;;;. The molecule has 1 aliphatic rings. The van der Waals surface area contributed by atoms with E-state index in [4.69, 9.17) is 98.9 Å². The molecule has 807 valence electrons. The van der Waals surface area contributed by atoms with Crippen molar-refractivity contribution in [3.05, 3.63) is 183 Å². The van der Waals surface area contributed by atoms with Crippen molar-refractivity contribution in [2.75, 3.05) is 88.5 Å². The van der Waals surface area contributed by atoms with Crippen molar-refractivity contribution < 1.29 is 186 Å². The Morgan fingerprint density at radius 2 is 0.769 bits per heavy atom. The van der Waals surface area contributed by atoms with E-state index in [0.717, 1.165) is 60.3 Å². The van der Waals surface area contributed by atoms with E-state index in [0.29, 0.717) is 165 Å². The number of carbonyl (C=O) groups excluding carboxylic acids is 8. The van der Waals surface area contributed by atoms with Crippen LogP contribution in [0.3, 0.4) is 0 Å². The number of methoxy groups -OCH3 is 7. The molecule has 45 heteroatoms. The number of rotatable bonds is 17. The van der Waals surface area contributed by atoms with Gasteiger partial charge in [0.1, 0.15) is 113 Å². The van der Waals surface area contributed by atoms with E-state index in [1.165, 1.54) is 100 Å². The number of aromatic hydroxyl groups is 5. The Morgan fingerprint density at radius 1 is 0.449 bits per heavy atom. The van der Waals surface area contributed by atoms with Crippen LogP contribution >= 0.6 is 0 Å². The number of aliphatic carboxylic acids is 1. The molecule has 0 atom stereocenters. The number of ketones is 2. The number of carbonyl (C=O) groups is 9. The number of Topliss-reactive ketones (excluding diaryl/α,β-unsaturated/α-hetero) is 2. The number of aliphatic hydroxyl groups is 1. The predicted octanol–water partition coefficient (Wildman–Crippen LogP) is 20.3. The van der Waals surface area contributed by atoms with Crippen LogP contribution in [0.1, 0.15) is 228 Å². The average molecular weight is 2110 g/mol. The van der Waals surface area contributed by atoms with Gasteiger partial charge >= 0.3 is 40.4 Å². The number of carboxylic acid groups (broad SMARTS) is 1. The van der Waals surface area contributed by atoms with Gasteiger partial charge in [-0.3, -0.25) is 19.2 Å². The maximum absolute atomic E-state index is 11.6. The van der Waals surface area contributed by atoms with Gasteiger partial charge in [-0.15, -0.1) is 0 Å². The first-order valence-corrected chi connectivity index (χ1v) is 43.7. The number of phenolic OH excluding ortho intramolecular Hbond substituents is 5. The fraction of sp³-hybridized carbons (Fsp3) is 0.373. The Bertz CT molecular complexity index is 6610. The van der Waals surface area contributed by atoms with Gasteiger partial charge in [-0.25, -0.2) is 34.3 Å². The van der Waals surface area contributed by atoms with E-state index in [1.807, 2.05) is 46.8 Å². The van der Waals surface area contributed by atoms with Crippen LogP contribution in [0, 0.1) is 48.5 Å². The predicted molar refractivity (Wildman–Crippen MR) is 542 cm³/mol. The summed E-state index contributed by atoms with van der Waals surface area (Å²) in [5.74, 6) is -0.121. The molecular weight excluding hydrogens is 1970 g/mol. The summed E-state index contributed by atoms with van der Waals surface area (Å²) in [6.07, 6.45) is 4.54. The summed E-state index contributed by atoms with van der Waals surface area (Å²) in [4.78, 5) is 111. The Kier molecular flexibility index (Phi) is 63.5. The molecule has 7 aromatic heterocycles. The Hall–Kier alpha value is -15.8. The van der Waals surface area contributed by atoms with Crippen molar-refractivity contribution in [2.24, 2.45) is 0 Å². The number of benzene rings is 8. The number of fused-ring (bicyclic) bond motifs is 7. The number of carboxylic acids is 1. The first-order chi connectivity index (χ1) is 68.4. The number of hydrogen-bond donors (Lipinski definition) is 8. The van der Waals surface area contributed by atoms with Crippen molar-refractivity contribution in [1.82, 2.24) is 35.4 Å². The van der Waals surface area contributed by atoms with Gasteiger partial charge in [0.25, 0.3) is 11.9 Å². The van der Waals surface area contributed by atoms with Crippen LogP contribution in [0.5, 0.6) is 51.7 Å². The molecule has 1 aliphatic heterocycles. The second-order valence-corrected chi connectivity index (χ2v) is 28.7. The number of aromatic nitrogens is 7. The molecule has 0 bridgehead atoms. The quantitative estimate of drug-likeness (QED) is 0.00613. The number of nitrogens with two attached hydrogens (primary N) is 1. The zero-order valence-corrected chi connectivity index (χ0v) is 84.6. The fourth-order valence-electron chi connectivity index (χ4n) is 11.9. The number of anilines is 1. The second-order valence-electron chi connectivity index (χ2n) is 28.5. The Morgan fingerprint density at radius 3 is 1.18 bits per heavy atom. The molecule has 8 heterocycles. The monoisotopic (exact) mass is 2100 g/mol. The Balaban J connectivity index is -0.00000155. The molecular formula is C102H136MnN8O36. The second kappa shape index (κ2) is 70.0. The molecule has 9 N–H and O–H groups in total. The van der Waals surface area contributed by atoms with E-state index in [9.17, 15) is 63.9 Å². The number of hydrogen-bond acceptors (Lipinski definition) is 43. The molecule has 1 saturated heterocycles. The average Bonchev–Trinajstić information content (AvgIpc) is 1.62. The molecule has 44 nitrogen and oxygen atoms in total. The molecule has 0 radical (unpaired) electrons. The minimum absolute atomic E-state index is 0. The molecule has 0 saturated carbocycles. The minimum atomic E-state index is -1.44. The number of ether oxygens (including phenoxy) is 11. The molecule has 0 amide bonds. The van der Waals surface area contributed by atoms with Crippen LogP contribution in [-0.4, -0.2) is 214 Å². The van der Waals surface area contributed by atoms with Crippen LogP contribution < -0.4 is 24.7 Å². The summed E-state index contributed by atoms with van der Waals surface area (Å²) in [5.41, 5.74) is 14.9. The zero-order chi connectivity index (χ0) is 109. The topological polar surface area (TPSA) is 639 Å². The molecule has 1 fully saturated rings. The summed E-state index contributed by atoms with van der Waals surface area (Å²) >= 11 is -1.44. The summed E-state index contributed by atoms with van der Waals surface area (Å²) in [5, 5.41) is 76.8. The van der Waals surface area contributed by atoms with Crippen molar-refractivity contribution in [3.8, 4) is 51.7 Å². The normalized spacial score (nSPS) is 10.3. The number of aryl methyl sites for hydroxylation is 7. The van der Waals surface area contributed by atoms with Gasteiger partial charge < -0.3 is 134 Å². The SMILES string of the molecule is C.C.C.C.C1CCOC1.CC(=O)O.CC(C)=O.CC(C)=O.CCOC(C)(OCC)OCC.COC(=O)c1c(O)ccc(N)c1O.COC(=O)c1c(O)ccc2nc(C)oc12.COC(=O)c1c(OC)ccc2nc(C)oc12.COc1ccc2c(C)noc2c1C=O.COc1ccc2nc(C)oc2c1C=O.COc1ccc2nc(C)oc2c1CO.Cc1noc2c(C=O)c(O)ccc12.Cc1noc2cc(O)ccc12.[2H]CC.[O]=[Mn]=[O]. The van der Waals surface area contributed by atoms with Gasteiger partial charge in [0.2, 0.25) is 0 Å². The van der Waals surface area contributed by atoms with E-state index < -0.39 is 50.4 Å². The third kappa shape index (κ3) is 41.8. The molecule has 0 spiro atoms. The Labute approximate surface area is 857 Å². The third-order valence-corrected chi connectivity index (χ3v) is 17.7. The van der Waals surface area contributed by atoms with Crippen LogP contribution in [0.2, 0.25) is 0 Å². The van der Waals surface area contributed by atoms with E-state index in [2.05, 4.69) is 49.6 Å². The fourth-order valence-corrected chi connectivity index (χ4v) is 11.9. The number of aldehydes is 3. The number of nitrogen functional groups attached to an aromatic ring is 1. The van der Waals surface area contributed by atoms with Gasteiger partial charge in [0, 0.05) is 98.2 Å². The number of nitrogens with zero attached hydrogens (tertiary/aromatic N) is 7. The van der Waals surface area contributed by atoms with Crippen molar-refractivity contribution in [1.29, 1.82) is 0 Å². The number of aliphatic hydroxyl groups excluding tert-OH is 1. The van der Waals surface area contributed by atoms with E-state index in [1.54, 1.807) is 122 Å². The molecule has 0 unspecified atom stereocenters. The van der Waals surface area contributed by atoms with E-state index >= 15 is 0 Å². The van der Waals surface area contributed by atoms with Gasteiger partial charge in [-0.2, -0.15) is 0 Å². The number of esters is 3. The first kappa shape index (κ1) is 133. The molecule has 15 aromatic rings. The van der Waals surface area contributed by atoms with Gasteiger partial charge in [0.15, 0.2) is 87.3 Å². The van der Waals surface area contributed by atoms with Gasteiger partial charge in [-0.1, -0.05) is 59.0 Å². The van der Waals surface area contributed by atoms with Crippen molar-refractivity contribution >= 4 is 137 Å². The summed E-state index contributed by atoms with van der Waals surface area (Å²) < 4.78 is 114. The van der Waals surface area contributed by atoms with Crippen molar-refractivity contribution in [2.45, 2.75) is 180 Å². The summed E-state index contributed by atoms with van der Waals surface area (Å²) in [7, 11) is 9.76. The molecule has 0 aliphatic carbocycles. The van der Waals surface area contributed by atoms with Gasteiger partial charge in [-0.05, 0) is 179 Å². The molecule has 8 aromatic carbocycles. The summed E-state index contributed by atoms with van der Waals surface area (Å²) in [6, 6.07) is 27.5. The number of oxazole rings is 4. The van der Waals surface area contributed by atoms with Crippen LogP contribution in [0.4, 0.5) is 5.69 Å².